The van der Waals surface area contributed by atoms with Crippen LogP contribution in [0.15, 0.2) is 16.6 Å². The Morgan fingerprint density at radius 2 is 2.23 bits per heavy atom. The molecule has 1 aromatic carbocycles. The SMILES string of the molecule is CNc1cc(Br)cc(F)c1C(=O)O. The molecule has 0 fully saturated rings. The zero-order valence-corrected chi connectivity index (χ0v) is 8.35. The highest BCUT2D eigenvalue weighted by molar-refractivity contribution is 9.10. The van der Waals surface area contributed by atoms with E-state index < -0.39 is 11.8 Å². The molecule has 0 aromatic heterocycles. The van der Waals surface area contributed by atoms with Gasteiger partial charge in [-0.3, -0.25) is 0 Å². The molecule has 3 nitrogen and oxygen atoms in total. The van der Waals surface area contributed by atoms with Crippen molar-refractivity contribution < 1.29 is 14.3 Å². The predicted octanol–water partition coefficient (Wildman–Crippen LogP) is 2.33. The van der Waals surface area contributed by atoms with Gasteiger partial charge in [0.25, 0.3) is 0 Å². The zero-order chi connectivity index (χ0) is 10.0. The van der Waals surface area contributed by atoms with E-state index in [0.29, 0.717) is 4.47 Å². The van der Waals surface area contributed by atoms with E-state index in [2.05, 4.69) is 21.2 Å². The van der Waals surface area contributed by atoms with Gasteiger partial charge in [-0.15, -0.1) is 0 Å². The van der Waals surface area contributed by atoms with Crippen molar-refractivity contribution in [2.45, 2.75) is 0 Å². The molecule has 0 radical (unpaired) electrons. The van der Waals surface area contributed by atoms with E-state index in [1.54, 1.807) is 0 Å². The molecule has 0 unspecified atom stereocenters. The van der Waals surface area contributed by atoms with Gasteiger partial charge in [0.2, 0.25) is 0 Å². The molecule has 0 heterocycles. The third-order valence-corrected chi connectivity index (χ3v) is 2.00. The van der Waals surface area contributed by atoms with Crippen molar-refractivity contribution >= 4 is 27.6 Å². The van der Waals surface area contributed by atoms with Crippen LogP contribution < -0.4 is 5.32 Å². The number of anilines is 1. The van der Waals surface area contributed by atoms with Gasteiger partial charge in [-0.1, -0.05) is 15.9 Å². The Morgan fingerprint density at radius 3 is 2.69 bits per heavy atom. The van der Waals surface area contributed by atoms with Gasteiger partial charge in [0.05, 0.1) is 5.69 Å². The molecule has 0 bridgehead atoms. The van der Waals surface area contributed by atoms with Crippen LogP contribution in [0.1, 0.15) is 10.4 Å². The van der Waals surface area contributed by atoms with Crippen molar-refractivity contribution in [1.82, 2.24) is 0 Å². The number of rotatable bonds is 2. The highest BCUT2D eigenvalue weighted by Crippen LogP contribution is 2.24. The summed E-state index contributed by atoms with van der Waals surface area (Å²) in [5.74, 6) is -2.04. The van der Waals surface area contributed by atoms with Crippen molar-refractivity contribution in [3.05, 3.63) is 28.0 Å². The first-order chi connectivity index (χ1) is 6.06. The van der Waals surface area contributed by atoms with Gasteiger partial charge in [0.1, 0.15) is 11.4 Å². The average Bonchev–Trinajstić information content (AvgIpc) is 2.01. The number of aromatic carboxylic acids is 1. The summed E-state index contributed by atoms with van der Waals surface area (Å²) in [7, 11) is 1.54. The number of hydrogen-bond acceptors (Lipinski definition) is 2. The number of carbonyl (C=O) groups is 1. The Kier molecular flexibility index (Phi) is 2.87. The Hall–Kier alpha value is -1.10. The lowest BCUT2D eigenvalue weighted by atomic mass is 10.1. The fraction of sp³-hybridized carbons (Fsp3) is 0.125. The molecule has 0 aliphatic heterocycles. The van der Waals surface area contributed by atoms with Crippen molar-refractivity contribution in [3.63, 3.8) is 0 Å². The van der Waals surface area contributed by atoms with Crippen LogP contribution in [-0.2, 0) is 0 Å². The van der Waals surface area contributed by atoms with Gasteiger partial charge in [-0.25, -0.2) is 9.18 Å². The molecule has 0 spiro atoms. The summed E-state index contributed by atoms with van der Waals surface area (Å²) in [6, 6.07) is 2.62. The van der Waals surface area contributed by atoms with Gasteiger partial charge in [0.15, 0.2) is 0 Å². The Balaban J connectivity index is 3.38. The second-order valence-corrected chi connectivity index (χ2v) is 3.28. The fourth-order valence-corrected chi connectivity index (χ4v) is 1.42. The summed E-state index contributed by atoms with van der Waals surface area (Å²) in [5.41, 5.74) is -0.0925. The molecule has 0 atom stereocenters. The maximum atomic E-state index is 13.1. The second-order valence-electron chi connectivity index (χ2n) is 2.37. The number of benzene rings is 1. The molecule has 1 rings (SSSR count). The monoisotopic (exact) mass is 247 g/mol. The molecule has 0 aliphatic rings. The fourth-order valence-electron chi connectivity index (χ4n) is 0.988. The summed E-state index contributed by atoms with van der Waals surface area (Å²) in [6.07, 6.45) is 0. The lowest BCUT2D eigenvalue weighted by Crippen LogP contribution is -2.05. The first-order valence-corrected chi connectivity index (χ1v) is 4.25. The van der Waals surface area contributed by atoms with E-state index in [1.165, 1.54) is 13.1 Å². The van der Waals surface area contributed by atoms with Crippen LogP contribution in [-0.4, -0.2) is 18.1 Å². The maximum Gasteiger partial charge on any atom is 0.340 e. The molecule has 0 saturated carbocycles. The molecule has 1 aromatic rings. The highest BCUT2D eigenvalue weighted by atomic mass is 79.9. The average molecular weight is 248 g/mol. The van der Waals surface area contributed by atoms with Crippen LogP contribution in [0.25, 0.3) is 0 Å². The molecular formula is C8H7BrFNO2. The molecule has 2 N–H and O–H groups in total. The molecule has 13 heavy (non-hydrogen) atoms. The van der Waals surface area contributed by atoms with E-state index in [0.717, 1.165) is 6.07 Å². The largest absolute Gasteiger partial charge is 0.478 e. The minimum Gasteiger partial charge on any atom is -0.478 e. The Labute approximate surface area is 82.7 Å². The highest BCUT2D eigenvalue weighted by Gasteiger charge is 2.15. The lowest BCUT2D eigenvalue weighted by Gasteiger charge is -2.06. The summed E-state index contributed by atoms with van der Waals surface area (Å²) < 4.78 is 13.6. The van der Waals surface area contributed by atoms with Crippen molar-refractivity contribution in [2.24, 2.45) is 0 Å². The molecule has 0 aliphatic carbocycles. The normalized spacial score (nSPS) is 9.77. The van der Waals surface area contributed by atoms with E-state index in [1.807, 2.05) is 0 Å². The van der Waals surface area contributed by atoms with Crippen LogP contribution in [0.3, 0.4) is 0 Å². The first-order valence-electron chi connectivity index (χ1n) is 3.46. The van der Waals surface area contributed by atoms with Gasteiger partial charge in [0, 0.05) is 11.5 Å². The quantitative estimate of drug-likeness (QED) is 0.844. The van der Waals surface area contributed by atoms with Crippen LogP contribution in [0.2, 0.25) is 0 Å². The lowest BCUT2D eigenvalue weighted by molar-refractivity contribution is 0.0693. The van der Waals surface area contributed by atoms with E-state index in [9.17, 15) is 9.18 Å². The molecule has 70 valence electrons. The summed E-state index contributed by atoms with van der Waals surface area (Å²) in [6.45, 7) is 0. The number of carboxylic acids is 1. The van der Waals surface area contributed by atoms with E-state index >= 15 is 0 Å². The van der Waals surface area contributed by atoms with E-state index in [-0.39, 0.29) is 11.3 Å². The predicted molar refractivity (Wildman–Crippen MR) is 50.6 cm³/mol. The van der Waals surface area contributed by atoms with Gasteiger partial charge >= 0.3 is 5.97 Å². The van der Waals surface area contributed by atoms with Crippen LogP contribution >= 0.6 is 15.9 Å². The van der Waals surface area contributed by atoms with Gasteiger partial charge in [-0.05, 0) is 12.1 Å². The van der Waals surface area contributed by atoms with Crippen LogP contribution in [0, 0.1) is 5.82 Å². The standard InChI is InChI=1S/C8H7BrFNO2/c1-11-6-3-4(9)2-5(10)7(6)8(12)13/h2-3,11H,1H3,(H,12,13). The maximum absolute atomic E-state index is 13.1. The third kappa shape index (κ3) is 1.98. The molecule has 0 saturated heterocycles. The summed E-state index contributed by atoms with van der Waals surface area (Å²) >= 11 is 3.06. The smallest absolute Gasteiger partial charge is 0.340 e. The topological polar surface area (TPSA) is 49.3 Å². The zero-order valence-electron chi connectivity index (χ0n) is 6.77. The van der Waals surface area contributed by atoms with Crippen molar-refractivity contribution in [3.8, 4) is 0 Å². The third-order valence-electron chi connectivity index (χ3n) is 1.54. The molecule has 5 heteroatoms. The van der Waals surface area contributed by atoms with Crippen LogP contribution in [0.4, 0.5) is 10.1 Å². The number of hydrogen-bond donors (Lipinski definition) is 2. The summed E-state index contributed by atoms with van der Waals surface area (Å²) in [4.78, 5) is 10.6. The number of halogens is 2. The van der Waals surface area contributed by atoms with Gasteiger partial charge in [-0.2, -0.15) is 0 Å². The van der Waals surface area contributed by atoms with Crippen LogP contribution in [0.5, 0.6) is 0 Å². The minimum atomic E-state index is -1.28. The van der Waals surface area contributed by atoms with Crippen molar-refractivity contribution in [1.29, 1.82) is 0 Å². The second kappa shape index (κ2) is 3.74. The molecule has 0 amide bonds. The molecular weight excluding hydrogens is 241 g/mol. The Bertz CT molecular complexity index is 354. The summed E-state index contributed by atoms with van der Waals surface area (Å²) in [5, 5.41) is 11.3. The van der Waals surface area contributed by atoms with Crippen molar-refractivity contribution in [2.75, 3.05) is 12.4 Å². The minimum absolute atomic E-state index is 0.249. The van der Waals surface area contributed by atoms with Gasteiger partial charge < -0.3 is 10.4 Å². The Morgan fingerprint density at radius 1 is 1.62 bits per heavy atom. The number of nitrogens with one attached hydrogen (secondary N) is 1. The van der Waals surface area contributed by atoms with E-state index in [4.69, 9.17) is 5.11 Å². The first kappa shape index (κ1) is 9.98. The number of carboxylic acid groups (broad SMARTS) is 1.